The summed E-state index contributed by atoms with van der Waals surface area (Å²) in [7, 11) is 2.20. The molecule has 1 heterocycles. The van der Waals surface area contributed by atoms with Crippen LogP contribution in [0, 0.1) is 0 Å². The van der Waals surface area contributed by atoms with Crippen LogP contribution in [0.3, 0.4) is 0 Å². The molecular weight excluding hydrogens is 266 g/mol. The minimum Gasteiger partial charge on any atom is -0.484 e. The van der Waals surface area contributed by atoms with Gasteiger partial charge in [0.05, 0.1) is 0 Å². The molecule has 1 amide bonds. The van der Waals surface area contributed by atoms with Crippen molar-refractivity contribution in [3.63, 3.8) is 0 Å². The summed E-state index contributed by atoms with van der Waals surface area (Å²) in [5.41, 5.74) is 6.25. The van der Waals surface area contributed by atoms with Crippen molar-refractivity contribution in [3.8, 4) is 5.75 Å². The lowest BCUT2D eigenvalue weighted by molar-refractivity contribution is -0.119. The summed E-state index contributed by atoms with van der Waals surface area (Å²) >= 11 is 0. The molecule has 21 heavy (non-hydrogen) atoms. The molecule has 1 saturated heterocycles. The highest BCUT2D eigenvalue weighted by atomic mass is 16.5. The van der Waals surface area contributed by atoms with Crippen LogP contribution in [0.2, 0.25) is 0 Å². The van der Waals surface area contributed by atoms with E-state index < -0.39 is 5.91 Å². The van der Waals surface area contributed by atoms with Gasteiger partial charge in [0, 0.05) is 19.1 Å². The summed E-state index contributed by atoms with van der Waals surface area (Å²) in [5.74, 6) is 0.210. The van der Waals surface area contributed by atoms with Gasteiger partial charge >= 0.3 is 0 Å². The van der Waals surface area contributed by atoms with Gasteiger partial charge in [0.1, 0.15) is 5.75 Å². The van der Waals surface area contributed by atoms with Crippen molar-refractivity contribution in [2.24, 2.45) is 5.73 Å². The van der Waals surface area contributed by atoms with Crippen LogP contribution in [-0.4, -0.2) is 43.6 Å². The zero-order valence-corrected chi connectivity index (χ0v) is 12.7. The Hall–Kier alpha value is -1.59. The molecule has 0 spiro atoms. The van der Waals surface area contributed by atoms with Gasteiger partial charge in [-0.25, -0.2) is 0 Å². The molecular formula is C16H25N3O2. The fraction of sp³-hybridized carbons (Fsp3) is 0.562. The Morgan fingerprint density at radius 1 is 1.38 bits per heavy atom. The number of carbonyl (C=O) groups excluding carboxylic acids is 1. The number of nitrogens with zero attached hydrogens (tertiary/aromatic N) is 1. The SMILES string of the molecule is CN1CCCCC1CNCc1ccc(OCC(N)=O)cc1. The number of ether oxygens (including phenoxy) is 1. The molecule has 1 fully saturated rings. The number of primary amides is 1. The first-order valence-corrected chi connectivity index (χ1v) is 7.56. The van der Waals surface area contributed by atoms with Gasteiger partial charge in [-0.05, 0) is 44.1 Å². The fourth-order valence-corrected chi connectivity index (χ4v) is 2.64. The van der Waals surface area contributed by atoms with Crippen molar-refractivity contribution >= 4 is 5.91 Å². The third kappa shape index (κ3) is 5.36. The average molecular weight is 291 g/mol. The molecule has 0 bridgehead atoms. The molecule has 0 saturated carbocycles. The van der Waals surface area contributed by atoms with E-state index >= 15 is 0 Å². The summed E-state index contributed by atoms with van der Waals surface area (Å²) in [4.78, 5) is 13.1. The van der Waals surface area contributed by atoms with Gasteiger partial charge in [0.15, 0.2) is 6.61 Å². The average Bonchev–Trinajstić information content (AvgIpc) is 2.48. The molecule has 5 heteroatoms. The number of benzene rings is 1. The normalized spacial score (nSPS) is 19.4. The maximum absolute atomic E-state index is 10.6. The van der Waals surface area contributed by atoms with Gasteiger partial charge in [-0.15, -0.1) is 0 Å². The van der Waals surface area contributed by atoms with E-state index in [9.17, 15) is 4.79 Å². The first-order valence-electron chi connectivity index (χ1n) is 7.56. The van der Waals surface area contributed by atoms with Crippen LogP contribution >= 0.6 is 0 Å². The number of carbonyl (C=O) groups is 1. The lowest BCUT2D eigenvalue weighted by Crippen LogP contribution is -2.42. The summed E-state index contributed by atoms with van der Waals surface area (Å²) in [6, 6.07) is 8.40. The van der Waals surface area contributed by atoms with E-state index in [-0.39, 0.29) is 6.61 Å². The van der Waals surface area contributed by atoms with Crippen LogP contribution in [0.4, 0.5) is 0 Å². The quantitative estimate of drug-likeness (QED) is 0.790. The monoisotopic (exact) mass is 291 g/mol. The van der Waals surface area contributed by atoms with Crippen molar-refractivity contribution < 1.29 is 9.53 Å². The number of amides is 1. The molecule has 1 aliphatic heterocycles. The first kappa shape index (κ1) is 15.8. The molecule has 2 rings (SSSR count). The van der Waals surface area contributed by atoms with Gasteiger partial charge in [0.2, 0.25) is 0 Å². The highest BCUT2D eigenvalue weighted by molar-refractivity contribution is 5.75. The van der Waals surface area contributed by atoms with E-state index in [1.54, 1.807) is 0 Å². The third-order valence-corrected chi connectivity index (χ3v) is 3.94. The smallest absolute Gasteiger partial charge is 0.255 e. The van der Waals surface area contributed by atoms with Gasteiger partial charge < -0.3 is 20.7 Å². The van der Waals surface area contributed by atoms with Gasteiger partial charge in [-0.1, -0.05) is 18.6 Å². The van der Waals surface area contributed by atoms with Gasteiger partial charge in [-0.2, -0.15) is 0 Å². The van der Waals surface area contributed by atoms with Crippen LogP contribution < -0.4 is 15.8 Å². The second-order valence-electron chi connectivity index (χ2n) is 5.66. The highest BCUT2D eigenvalue weighted by Crippen LogP contribution is 2.15. The molecule has 1 aromatic carbocycles. The number of nitrogens with two attached hydrogens (primary N) is 1. The molecule has 5 nitrogen and oxygen atoms in total. The Labute approximate surface area is 126 Å². The number of nitrogens with one attached hydrogen (secondary N) is 1. The molecule has 116 valence electrons. The summed E-state index contributed by atoms with van der Waals surface area (Å²) in [6.07, 6.45) is 3.94. The molecule has 0 radical (unpaired) electrons. The van der Waals surface area contributed by atoms with Crippen LogP contribution in [0.5, 0.6) is 5.75 Å². The Kier molecular flexibility index (Phi) is 6.02. The van der Waals surface area contributed by atoms with Crippen LogP contribution in [0.1, 0.15) is 24.8 Å². The predicted octanol–water partition coefficient (Wildman–Crippen LogP) is 1.12. The topological polar surface area (TPSA) is 67.6 Å². The Morgan fingerprint density at radius 2 is 2.14 bits per heavy atom. The lowest BCUT2D eigenvalue weighted by atomic mass is 10.0. The van der Waals surface area contributed by atoms with Crippen LogP contribution in [0.25, 0.3) is 0 Å². The van der Waals surface area contributed by atoms with E-state index in [0.29, 0.717) is 11.8 Å². The van der Waals surface area contributed by atoms with E-state index in [1.165, 1.54) is 31.4 Å². The molecule has 1 aromatic rings. The van der Waals surface area contributed by atoms with Crippen LogP contribution in [0.15, 0.2) is 24.3 Å². The van der Waals surface area contributed by atoms with Gasteiger partial charge in [-0.3, -0.25) is 4.79 Å². The second kappa shape index (κ2) is 8.00. The van der Waals surface area contributed by atoms with Crippen molar-refractivity contribution in [2.45, 2.75) is 31.8 Å². The maximum Gasteiger partial charge on any atom is 0.255 e. The Balaban J connectivity index is 1.72. The maximum atomic E-state index is 10.6. The van der Waals surface area contributed by atoms with Crippen molar-refractivity contribution in [3.05, 3.63) is 29.8 Å². The first-order chi connectivity index (χ1) is 10.1. The largest absolute Gasteiger partial charge is 0.484 e. The van der Waals surface area contributed by atoms with E-state index in [0.717, 1.165) is 13.1 Å². The molecule has 1 atom stereocenters. The van der Waals surface area contributed by atoms with E-state index in [2.05, 4.69) is 17.3 Å². The number of rotatable bonds is 7. The number of likely N-dealkylation sites (tertiary alicyclic amines) is 1. The number of piperidine rings is 1. The van der Waals surface area contributed by atoms with Crippen molar-refractivity contribution in [2.75, 3.05) is 26.7 Å². The standard InChI is InChI=1S/C16H25N3O2/c1-19-9-3-2-4-14(19)11-18-10-13-5-7-15(8-6-13)21-12-16(17)20/h5-8,14,18H,2-4,9-12H2,1H3,(H2,17,20). The molecule has 1 aliphatic rings. The molecule has 3 N–H and O–H groups in total. The zero-order chi connectivity index (χ0) is 15.1. The van der Waals surface area contributed by atoms with Crippen molar-refractivity contribution in [1.29, 1.82) is 0 Å². The molecule has 0 aromatic heterocycles. The van der Waals surface area contributed by atoms with Crippen LogP contribution in [-0.2, 0) is 11.3 Å². The number of hydrogen-bond donors (Lipinski definition) is 2. The van der Waals surface area contributed by atoms with Gasteiger partial charge in [0.25, 0.3) is 5.91 Å². The summed E-state index contributed by atoms with van der Waals surface area (Å²) in [6.45, 7) is 3.00. The van der Waals surface area contributed by atoms with Crippen molar-refractivity contribution in [1.82, 2.24) is 10.2 Å². The fourth-order valence-electron chi connectivity index (χ4n) is 2.64. The Bertz CT molecular complexity index is 447. The highest BCUT2D eigenvalue weighted by Gasteiger charge is 2.17. The minimum atomic E-state index is -0.461. The molecule has 1 unspecified atom stereocenters. The predicted molar refractivity (Wildman–Crippen MR) is 83.1 cm³/mol. The number of likely N-dealkylation sites (N-methyl/N-ethyl adjacent to an activating group) is 1. The summed E-state index contributed by atoms with van der Waals surface area (Å²) < 4.78 is 5.23. The lowest BCUT2D eigenvalue weighted by Gasteiger charge is -2.32. The minimum absolute atomic E-state index is 0.0778. The Morgan fingerprint density at radius 3 is 2.81 bits per heavy atom. The third-order valence-electron chi connectivity index (χ3n) is 3.94. The van der Waals surface area contributed by atoms with E-state index in [1.807, 2.05) is 24.3 Å². The zero-order valence-electron chi connectivity index (χ0n) is 12.7. The summed E-state index contributed by atoms with van der Waals surface area (Å²) in [5, 5.41) is 3.51. The van der Waals surface area contributed by atoms with E-state index in [4.69, 9.17) is 10.5 Å². The number of hydrogen-bond acceptors (Lipinski definition) is 4. The molecule has 0 aliphatic carbocycles. The second-order valence-corrected chi connectivity index (χ2v) is 5.66.